The van der Waals surface area contributed by atoms with Gasteiger partial charge in [-0.3, -0.25) is 14.4 Å². The Labute approximate surface area is 181 Å². The van der Waals surface area contributed by atoms with Crippen LogP contribution < -0.4 is 14.8 Å². The van der Waals surface area contributed by atoms with Crippen LogP contribution in [0.25, 0.3) is 0 Å². The summed E-state index contributed by atoms with van der Waals surface area (Å²) in [6.45, 7) is 6.11. The minimum absolute atomic E-state index is 0.0249. The Morgan fingerprint density at radius 2 is 2.07 bits per heavy atom. The van der Waals surface area contributed by atoms with Crippen molar-refractivity contribution in [3.05, 3.63) is 34.3 Å². The van der Waals surface area contributed by atoms with Crippen molar-refractivity contribution in [2.45, 2.75) is 33.2 Å². The molecule has 1 aliphatic heterocycles. The van der Waals surface area contributed by atoms with E-state index in [1.807, 2.05) is 6.92 Å². The summed E-state index contributed by atoms with van der Waals surface area (Å²) in [6, 6.07) is 4.90. The van der Waals surface area contributed by atoms with Crippen LogP contribution in [0.15, 0.2) is 23.6 Å². The summed E-state index contributed by atoms with van der Waals surface area (Å²) >= 11 is 1.66. The quantitative estimate of drug-likeness (QED) is 0.638. The maximum Gasteiger partial charge on any atom is 0.232 e. The molecule has 0 atom stereocenters. The zero-order valence-corrected chi connectivity index (χ0v) is 19.1. The normalized spacial score (nSPS) is 15.7. The summed E-state index contributed by atoms with van der Waals surface area (Å²) < 4.78 is 31.4. The van der Waals surface area contributed by atoms with Crippen LogP contribution in [-0.2, 0) is 21.4 Å². The van der Waals surface area contributed by atoms with Crippen LogP contribution >= 0.6 is 11.3 Å². The van der Waals surface area contributed by atoms with Gasteiger partial charge in [-0.1, -0.05) is 0 Å². The average Bonchev–Trinajstić information content (AvgIpc) is 3.14. The lowest BCUT2D eigenvalue weighted by atomic mass is 9.95. The third kappa shape index (κ3) is 5.93. The van der Waals surface area contributed by atoms with Crippen molar-refractivity contribution in [1.82, 2.24) is 9.88 Å². The number of methoxy groups -OCH3 is 1. The van der Waals surface area contributed by atoms with Gasteiger partial charge in [-0.05, 0) is 51.9 Å². The van der Waals surface area contributed by atoms with Gasteiger partial charge in [-0.15, -0.1) is 11.3 Å². The zero-order valence-electron chi connectivity index (χ0n) is 17.5. The molecule has 30 heavy (non-hydrogen) atoms. The Morgan fingerprint density at radius 1 is 1.33 bits per heavy atom. The minimum atomic E-state index is -3.41. The molecule has 3 rings (SSSR count). The van der Waals surface area contributed by atoms with Crippen LogP contribution in [0.4, 0.5) is 11.4 Å². The molecule has 1 aromatic heterocycles. The molecule has 10 heteroatoms. The highest BCUT2D eigenvalue weighted by Gasteiger charge is 2.25. The number of hydrogen-bond donors (Lipinski definition) is 2. The fourth-order valence-corrected chi connectivity index (χ4v) is 4.65. The van der Waals surface area contributed by atoms with Crippen molar-refractivity contribution >= 4 is 38.6 Å². The number of piperidine rings is 1. The van der Waals surface area contributed by atoms with Gasteiger partial charge in [0, 0.05) is 29.6 Å². The number of rotatable bonds is 8. The van der Waals surface area contributed by atoms with E-state index in [2.05, 4.69) is 25.3 Å². The first-order valence-electron chi connectivity index (χ1n) is 9.92. The summed E-state index contributed by atoms with van der Waals surface area (Å²) in [7, 11) is -1.95. The summed E-state index contributed by atoms with van der Waals surface area (Å²) in [4.78, 5) is 19.5. The standard InChI is InChI=1S/C20H28N4O4S2/c1-4-30(26,27)23-18-6-5-16(11-19(18)28-3)22-20(25)15-7-9-24(10-8-15)12-17-13-29-14(2)21-17/h5-6,11,13,15,23H,4,7-10,12H2,1-3H3,(H,22,25). The highest BCUT2D eigenvalue weighted by Crippen LogP contribution is 2.30. The van der Waals surface area contributed by atoms with E-state index in [0.29, 0.717) is 17.1 Å². The van der Waals surface area contributed by atoms with Gasteiger partial charge in [-0.2, -0.15) is 0 Å². The molecule has 1 aromatic carbocycles. The first-order chi connectivity index (χ1) is 14.3. The molecular formula is C20H28N4O4S2. The molecule has 1 aliphatic rings. The summed E-state index contributed by atoms with van der Waals surface area (Å²) in [5, 5.41) is 6.09. The SMILES string of the molecule is CCS(=O)(=O)Nc1ccc(NC(=O)C2CCN(Cc3csc(C)n3)CC2)cc1OC. The fourth-order valence-electron chi connectivity index (χ4n) is 3.40. The first-order valence-corrected chi connectivity index (χ1v) is 12.5. The molecule has 0 spiro atoms. The van der Waals surface area contributed by atoms with Crippen LogP contribution in [0, 0.1) is 12.8 Å². The smallest absolute Gasteiger partial charge is 0.232 e. The van der Waals surface area contributed by atoms with Gasteiger partial charge in [-0.25, -0.2) is 13.4 Å². The largest absolute Gasteiger partial charge is 0.494 e. The number of ether oxygens (including phenoxy) is 1. The molecule has 0 radical (unpaired) electrons. The lowest BCUT2D eigenvalue weighted by Crippen LogP contribution is -2.37. The van der Waals surface area contributed by atoms with Crippen LogP contribution in [0.1, 0.15) is 30.5 Å². The molecule has 0 aliphatic carbocycles. The van der Waals surface area contributed by atoms with Crippen molar-refractivity contribution in [3.8, 4) is 5.75 Å². The van der Waals surface area contributed by atoms with Crippen LogP contribution in [0.2, 0.25) is 0 Å². The Bertz CT molecular complexity index is 982. The maximum atomic E-state index is 12.7. The number of carbonyl (C=O) groups is 1. The average molecular weight is 453 g/mol. The van der Waals surface area contributed by atoms with E-state index in [9.17, 15) is 13.2 Å². The minimum Gasteiger partial charge on any atom is -0.494 e. The highest BCUT2D eigenvalue weighted by atomic mass is 32.2. The fraction of sp³-hybridized carbons (Fsp3) is 0.500. The zero-order chi connectivity index (χ0) is 21.7. The number of hydrogen-bond acceptors (Lipinski definition) is 7. The third-order valence-corrected chi connectivity index (χ3v) is 7.24. The molecule has 2 N–H and O–H groups in total. The van der Waals surface area contributed by atoms with E-state index in [-0.39, 0.29) is 17.6 Å². The molecule has 0 saturated carbocycles. The van der Waals surface area contributed by atoms with E-state index >= 15 is 0 Å². The molecule has 0 unspecified atom stereocenters. The molecule has 1 fully saturated rings. The number of anilines is 2. The topological polar surface area (TPSA) is 101 Å². The number of amides is 1. The van der Waals surface area contributed by atoms with Crippen LogP contribution in [0.3, 0.4) is 0 Å². The first kappa shape index (κ1) is 22.5. The Balaban J connectivity index is 1.55. The lowest BCUT2D eigenvalue weighted by Gasteiger charge is -2.30. The Kier molecular flexibility index (Phi) is 7.32. The second-order valence-corrected chi connectivity index (χ2v) is 10.4. The maximum absolute atomic E-state index is 12.7. The van der Waals surface area contributed by atoms with Crippen molar-refractivity contribution in [3.63, 3.8) is 0 Å². The van der Waals surface area contributed by atoms with Gasteiger partial charge < -0.3 is 10.1 Å². The summed E-state index contributed by atoms with van der Waals surface area (Å²) in [6.07, 6.45) is 1.58. The van der Waals surface area contributed by atoms with Gasteiger partial charge in [0.15, 0.2) is 0 Å². The van der Waals surface area contributed by atoms with E-state index < -0.39 is 10.0 Å². The van der Waals surface area contributed by atoms with E-state index in [1.165, 1.54) is 7.11 Å². The second kappa shape index (κ2) is 9.76. The number of benzene rings is 1. The van der Waals surface area contributed by atoms with Crippen LogP contribution in [-0.4, -0.2) is 50.2 Å². The number of carbonyl (C=O) groups excluding carboxylic acids is 1. The molecule has 2 heterocycles. The van der Waals surface area contributed by atoms with Gasteiger partial charge in [0.25, 0.3) is 0 Å². The molecule has 164 valence electrons. The van der Waals surface area contributed by atoms with Gasteiger partial charge >= 0.3 is 0 Å². The number of sulfonamides is 1. The van der Waals surface area contributed by atoms with Gasteiger partial charge in [0.1, 0.15) is 5.75 Å². The van der Waals surface area contributed by atoms with Crippen molar-refractivity contribution in [1.29, 1.82) is 0 Å². The van der Waals surface area contributed by atoms with E-state index in [1.54, 1.807) is 36.5 Å². The predicted octanol–water partition coefficient (Wildman–Crippen LogP) is 3.07. The van der Waals surface area contributed by atoms with Crippen molar-refractivity contribution in [2.75, 3.05) is 36.0 Å². The number of thiazole rings is 1. The number of likely N-dealkylation sites (tertiary alicyclic amines) is 1. The van der Waals surface area contributed by atoms with Gasteiger partial charge in [0.2, 0.25) is 15.9 Å². The van der Waals surface area contributed by atoms with Crippen molar-refractivity contribution in [2.24, 2.45) is 5.92 Å². The number of aryl methyl sites for hydroxylation is 1. The molecule has 1 amide bonds. The monoisotopic (exact) mass is 452 g/mol. The lowest BCUT2D eigenvalue weighted by molar-refractivity contribution is -0.121. The summed E-state index contributed by atoms with van der Waals surface area (Å²) in [5.41, 5.74) is 2.02. The molecule has 8 nitrogen and oxygen atoms in total. The number of aromatic nitrogens is 1. The second-order valence-electron chi connectivity index (χ2n) is 7.32. The summed E-state index contributed by atoms with van der Waals surface area (Å²) in [5.74, 6) is 0.249. The molecular weight excluding hydrogens is 424 g/mol. The third-order valence-electron chi connectivity index (χ3n) is 5.13. The Hall–Kier alpha value is -2.17. The predicted molar refractivity (Wildman–Crippen MR) is 120 cm³/mol. The van der Waals surface area contributed by atoms with E-state index in [0.717, 1.165) is 43.2 Å². The van der Waals surface area contributed by atoms with Gasteiger partial charge in [0.05, 0.1) is 29.3 Å². The highest BCUT2D eigenvalue weighted by molar-refractivity contribution is 7.92. The van der Waals surface area contributed by atoms with Crippen molar-refractivity contribution < 1.29 is 17.9 Å². The molecule has 0 bridgehead atoms. The molecule has 1 saturated heterocycles. The van der Waals surface area contributed by atoms with E-state index in [4.69, 9.17) is 4.74 Å². The number of nitrogens with zero attached hydrogens (tertiary/aromatic N) is 2. The van der Waals surface area contributed by atoms with Crippen LogP contribution in [0.5, 0.6) is 5.75 Å². The number of nitrogens with one attached hydrogen (secondary N) is 2. The molecule has 2 aromatic rings. The Morgan fingerprint density at radius 3 is 2.67 bits per heavy atom.